The Labute approximate surface area is 212 Å². The van der Waals surface area contributed by atoms with E-state index >= 15 is 0 Å². The molecule has 3 aromatic rings. The van der Waals surface area contributed by atoms with Crippen LogP contribution in [0.3, 0.4) is 0 Å². The number of nitrogens with zero attached hydrogens (tertiary/aromatic N) is 2. The lowest BCUT2D eigenvalue weighted by Crippen LogP contribution is -2.35. The van der Waals surface area contributed by atoms with Crippen LogP contribution in [0, 0.1) is 0 Å². The van der Waals surface area contributed by atoms with Gasteiger partial charge in [-0.25, -0.2) is 4.79 Å². The molecule has 0 radical (unpaired) electrons. The second-order valence-electron chi connectivity index (χ2n) is 9.54. The van der Waals surface area contributed by atoms with Crippen LogP contribution in [-0.4, -0.2) is 42.0 Å². The number of rotatable bonds is 9. The van der Waals surface area contributed by atoms with Crippen LogP contribution in [0.2, 0.25) is 0 Å². The fraction of sp³-hybridized carbons (Fsp3) is 0.310. The molecule has 0 aliphatic heterocycles. The average molecular weight is 488 g/mol. The molecule has 7 heteroatoms. The third-order valence-corrected chi connectivity index (χ3v) is 5.54. The molecule has 0 unspecified atom stereocenters. The van der Waals surface area contributed by atoms with E-state index in [0.717, 1.165) is 22.4 Å². The van der Waals surface area contributed by atoms with Gasteiger partial charge in [-0.3, -0.25) is 14.6 Å². The zero-order valence-electron chi connectivity index (χ0n) is 21.3. The van der Waals surface area contributed by atoms with Crippen LogP contribution in [-0.2, 0) is 16.0 Å². The van der Waals surface area contributed by atoms with Crippen molar-refractivity contribution in [3.63, 3.8) is 0 Å². The third-order valence-electron chi connectivity index (χ3n) is 5.54. The molecule has 1 heterocycles. The number of ether oxygens (including phenoxy) is 1. The monoisotopic (exact) mass is 487 g/mol. The average Bonchev–Trinajstić information content (AvgIpc) is 2.86. The highest BCUT2D eigenvalue weighted by Gasteiger charge is 2.17. The van der Waals surface area contributed by atoms with E-state index in [1.54, 1.807) is 45.1 Å². The van der Waals surface area contributed by atoms with Crippen molar-refractivity contribution in [2.45, 2.75) is 45.6 Å². The molecule has 2 amide bonds. The van der Waals surface area contributed by atoms with Gasteiger partial charge in [-0.15, -0.1) is 0 Å². The Hall–Kier alpha value is -4.00. The maximum absolute atomic E-state index is 12.5. The first-order valence-corrected chi connectivity index (χ1v) is 12.0. The highest BCUT2D eigenvalue weighted by atomic mass is 16.6. The maximum atomic E-state index is 12.5. The number of hydrogen-bond donors (Lipinski definition) is 1. The first-order valence-electron chi connectivity index (χ1n) is 12.0. The molecular weight excluding hydrogens is 454 g/mol. The van der Waals surface area contributed by atoms with Gasteiger partial charge in [0, 0.05) is 50.1 Å². The van der Waals surface area contributed by atoms with Gasteiger partial charge in [-0.05, 0) is 62.1 Å². The lowest BCUT2D eigenvalue weighted by Gasteiger charge is -2.20. The molecule has 3 rings (SSSR count). The van der Waals surface area contributed by atoms with Gasteiger partial charge in [0.2, 0.25) is 5.91 Å². The van der Waals surface area contributed by atoms with Crippen molar-refractivity contribution < 1.29 is 19.1 Å². The normalized spacial score (nSPS) is 11.0. The number of carbonyl (C=O) groups excluding carboxylic acids is 3. The summed E-state index contributed by atoms with van der Waals surface area (Å²) in [5.41, 5.74) is 3.88. The molecule has 0 atom stereocenters. The molecule has 0 spiro atoms. The Bertz CT molecular complexity index is 1170. The minimum Gasteiger partial charge on any atom is -0.444 e. The molecule has 0 saturated heterocycles. The molecule has 1 aromatic heterocycles. The topological polar surface area (TPSA) is 88.6 Å². The summed E-state index contributed by atoms with van der Waals surface area (Å²) in [5, 5.41) is 2.60. The molecule has 7 nitrogen and oxygen atoms in total. The second-order valence-corrected chi connectivity index (χ2v) is 9.54. The molecule has 188 valence electrons. The number of aryl methyl sites for hydroxylation is 1. The fourth-order valence-corrected chi connectivity index (χ4v) is 3.57. The highest BCUT2D eigenvalue weighted by molar-refractivity contribution is 5.96. The molecular formula is C29H33N3O4. The number of nitrogens with one attached hydrogen (secondary N) is 1. The minimum atomic E-state index is -0.581. The molecule has 36 heavy (non-hydrogen) atoms. The zero-order valence-corrected chi connectivity index (χ0v) is 21.3. The van der Waals surface area contributed by atoms with Crippen LogP contribution in [0.15, 0.2) is 73.1 Å². The number of anilines is 1. The number of hydrogen-bond acceptors (Lipinski definition) is 5. The van der Waals surface area contributed by atoms with Crippen LogP contribution >= 0.6 is 0 Å². The molecule has 2 aromatic carbocycles. The van der Waals surface area contributed by atoms with Gasteiger partial charge in [-0.2, -0.15) is 0 Å². The first kappa shape index (κ1) is 26.6. The summed E-state index contributed by atoms with van der Waals surface area (Å²) < 4.78 is 5.17. The largest absolute Gasteiger partial charge is 0.444 e. The van der Waals surface area contributed by atoms with Crippen LogP contribution in [0.1, 0.15) is 49.5 Å². The number of ketones is 1. The van der Waals surface area contributed by atoms with Gasteiger partial charge in [0.25, 0.3) is 0 Å². The van der Waals surface area contributed by atoms with Crippen molar-refractivity contribution in [3.8, 4) is 11.1 Å². The van der Waals surface area contributed by atoms with E-state index < -0.39 is 11.7 Å². The predicted molar refractivity (Wildman–Crippen MR) is 141 cm³/mol. The maximum Gasteiger partial charge on any atom is 0.407 e. The number of aromatic nitrogens is 1. The number of Topliss-reactive ketones (excluding diaryl/α,β-unsaturated/α-hetero) is 1. The summed E-state index contributed by atoms with van der Waals surface area (Å²) in [6.45, 7) is 5.56. The summed E-state index contributed by atoms with van der Waals surface area (Å²) in [6, 6.07) is 19.0. The van der Waals surface area contributed by atoms with Crippen LogP contribution in [0.4, 0.5) is 10.5 Å². The number of pyridine rings is 1. The number of amides is 2. The summed E-state index contributed by atoms with van der Waals surface area (Å²) in [4.78, 5) is 42.4. The lowest BCUT2D eigenvalue weighted by atomic mass is 9.99. The van der Waals surface area contributed by atoms with Gasteiger partial charge in [0.05, 0.1) is 0 Å². The van der Waals surface area contributed by atoms with Crippen molar-refractivity contribution in [1.82, 2.24) is 10.3 Å². The number of alkyl carbamates (subject to hydrolysis) is 1. The van der Waals surface area contributed by atoms with Crippen LogP contribution in [0.5, 0.6) is 0 Å². The Morgan fingerprint density at radius 3 is 2.14 bits per heavy atom. The van der Waals surface area contributed by atoms with E-state index in [4.69, 9.17) is 4.74 Å². The van der Waals surface area contributed by atoms with Gasteiger partial charge in [0.15, 0.2) is 5.78 Å². The van der Waals surface area contributed by atoms with Crippen molar-refractivity contribution in [2.75, 3.05) is 18.5 Å². The standard InChI is InChI=1S/C29H33N3O4/c1-29(2,3)36-28(35)31-19-17-27(34)32(4)25-14-12-23(13-15-25)22-8-10-24(11-9-22)26(33)16-7-21-6-5-18-30-20-21/h5-6,8-15,18,20H,7,16-17,19H2,1-4H3,(H,31,35). The van der Waals surface area contributed by atoms with Crippen molar-refractivity contribution in [3.05, 3.63) is 84.2 Å². The Morgan fingerprint density at radius 1 is 0.917 bits per heavy atom. The zero-order chi connectivity index (χ0) is 26.1. The van der Waals surface area contributed by atoms with Gasteiger partial charge in [0.1, 0.15) is 5.60 Å². The molecule has 0 saturated carbocycles. The van der Waals surface area contributed by atoms with Gasteiger partial charge < -0.3 is 15.0 Å². The van der Waals surface area contributed by atoms with E-state index in [9.17, 15) is 14.4 Å². The molecule has 0 bridgehead atoms. The Balaban J connectivity index is 1.51. The Morgan fingerprint density at radius 2 is 1.56 bits per heavy atom. The smallest absolute Gasteiger partial charge is 0.407 e. The lowest BCUT2D eigenvalue weighted by molar-refractivity contribution is -0.118. The van der Waals surface area contributed by atoms with E-state index in [1.807, 2.05) is 60.7 Å². The molecule has 0 aliphatic carbocycles. The Kier molecular flexibility index (Phi) is 8.95. The number of benzene rings is 2. The van der Waals surface area contributed by atoms with Crippen LogP contribution < -0.4 is 10.2 Å². The quantitative estimate of drug-likeness (QED) is 0.406. The molecule has 0 aliphatic rings. The minimum absolute atomic E-state index is 0.0991. The van der Waals surface area contributed by atoms with Crippen molar-refractivity contribution in [1.29, 1.82) is 0 Å². The summed E-state index contributed by atoms with van der Waals surface area (Å²) in [6.07, 6.45) is 4.23. The fourth-order valence-electron chi connectivity index (χ4n) is 3.57. The van der Waals surface area contributed by atoms with Crippen molar-refractivity contribution in [2.24, 2.45) is 0 Å². The van der Waals surface area contributed by atoms with Gasteiger partial charge in [-0.1, -0.05) is 42.5 Å². The summed E-state index contributed by atoms with van der Waals surface area (Å²) in [5.74, 6) is -0.0185. The van der Waals surface area contributed by atoms with E-state index in [-0.39, 0.29) is 24.7 Å². The van der Waals surface area contributed by atoms with Crippen LogP contribution in [0.25, 0.3) is 11.1 Å². The van der Waals surface area contributed by atoms with E-state index in [0.29, 0.717) is 18.4 Å². The SMILES string of the molecule is CN(C(=O)CCNC(=O)OC(C)(C)C)c1ccc(-c2ccc(C(=O)CCc3cccnc3)cc2)cc1. The van der Waals surface area contributed by atoms with Crippen molar-refractivity contribution >= 4 is 23.5 Å². The van der Waals surface area contributed by atoms with E-state index in [1.165, 1.54) is 0 Å². The summed E-state index contributed by atoms with van der Waals surface area (Å²) in [7, 11) is 1.71. The highest BCUT2D eigenvalue weighted by Crippen LogP contribution is 2.24. The predicted octanol–water partition coefficient (Wildman–Crippen LogP) is 5.44. The second kappa shape index (κ2) is 12.1. The molecule has 1 N–H and O–H groups in total. The van der Waals surface area contributed by atoms with E-state index in [2.05, 4.69) is 10.3 Å². The van der Waals surface area contributed by atoms with Gasteiger partial charge >= 0.3 is 6.09 Å². The molecule has 0 fully saturated rings. The third kappa shape index (κ3) is 8.05. The first-order chi connectivity index (χ1) is 17.1. The summed E-state index contributed by atoms with van der Waals surface area (Å²) >= 11 is 0. The number of carbonyl (C=O) groups is 3.